The lowest BCUT2D eigenvalue weighted by Gasteiger charge is -2.43. The van der Waals surface area contributed by atoms with Gasteiger partial charge in [0.25, 0.3) is 0 Å². The van der Waals surface area contributed by atoms with Crippen molar-refractivity contribution in [2.75, 3.05) is 27.4 Å². The summed E-state index contributed by atoms with van der Waals surface area (Å²) in [5, 5.41) is 3.65. The van der Waals surface area contributed by atoms with Gasteiger partial charge >= 0.3 is 0 Å². The highest BCUT2D eigenvalue weighted by atomic mass is 16.5. The van der Waals surface area contributed by atoms with Crippen molar-refractivity contribution in [3.8, 4) is 11.5 Å². The highest BCUT2D eigenvalue weighted by Crippen LogP contribution is 2.41. The number of hydrogen-bond donors (Lipinski definition) is 1. The lowest BCUT2D eigenvalue weighted by molar-refractivity contribution is -0.0469. The second-order valence-electron chi connectivity index (χ2n) is 8.87. The Bertz CT molecular complexity index is 802. The van der Waals surface area contributed by atoms with Crippen LogP contribution in [-0.2, 0) is 16.7 Å². The standard InChI is InChI=1S/C26H37NO3/c1-19(2)25-17-26(13-15-30-25,22-9-6-20(3)7-10-22)12-14-27-18-21-8-11-23(28-4)24(16-21)29-5/h6-11,16,19,25,27H,12-15,17-18H2,1-5H3/t25-,26+/m1/s1. The Morgan fingerprint density at radius 2 is 1.80 bits per heavy atom. The summed E-state index contributed by atoms with van der Waals surface area (Å²) in [7, 11) is 3.34. The van der Waals surface area contributed by atoms with Gasteiger partial charge in [0, 0.05) is 18.6 Å². The Balaban J connectivity index is 1.68. The van der Waals surface area contributed by atoms with Crippen LogP contribution in [0.2, 0.25) is 0 Å². The van der Waals surface area contributed by atoms with Crippen LogP contribution < -0.4 is 14.8 Å². The van der Waals surface area contributed by atoms with E-state index >= 15 is 0 Å². The van der Waals surface area contributed by atoms with Crippen LogP contribution in [0.4, 0.5) is 0 Å². The summed E-state index contributed by atoms with van der Waals surface area (Å²) in [6.07, 6.45) is 3.60. The topological polar surface area (TPSA) is 39.7 Å². The molecule has 2 atom stereocenters. The van der Waals surface area contributed by atoms with Crippen molar-refractivity contribution in [1.82, 2.24) is 5.32 Å². The number of rotatable bonds is 9. The van der Waals surface area contributed by atoms with E-state index in [-0.39, 0.29) is 5.41 Å². The van der Waals surface area contributed by atoms with Crippen LogP contribution in [0.1, 0.15) is 49.8 Å². The minimum absolute atomic E-state index is 0.172. The molecule has 0 aliphatic carbocycles. The number of methoxy groups -OCH3 is 2. The van der Waals surface area contributed by atoms with E-state index in [0.29, 0.717) is 12.0 Å². The minimum Gasteiger partial charge on any atom is -0.493 e. The predicted octanol–water partition coefficient (Wildman–Crippen LogP) is 5.26. The van der Waals surface area contributed by atoms with Gasteiger partial charge in [-0.15, -0.1) is 0 Å². The lowest BCUT2D eigenvalue weighted by Crippen LogP contribution is -2.42. The summed E-state index contributed by atoms with van der Waals surface area (Å²) in [5.74, 6) is 2.08. The highest BCUT2D eigenvalue weighted by molar-refractivity contribution is 5.42. The smallest absolute Gasteiger partial charge is 0.161 e. The van der Waals surface area contributed by atoms with Crippen LogP contribution in [0.15, 0.2) is 42.5 Å². The zero-order valence-electron chi connectivity index (χ0n) is 19.2. The van der Waals surface area contributed by atoms with Crippen molar-refractivity contribution in [2.24, 2.45) is 5.92 Å². The average molecular weight is 412 g/mol. The molecule has 0 unspecified atom stereocenters. The maximum atomic E-state index is 6.12. The first-order valence-corrected chi connectivity index (χ1v) is 11.1. The van der Waals surface area contributed by atoms with Gasteiger partial charge in [0.1, 0.15) is 0 Å². The molecule has 0 amide bonds. The maximum Gasteiger partial charge on any atom is 0.161 e. The van der Waals surface area contributed by atoms with Gasteiger partial charge in [-0.25, -0.2) is 0 Å². The number of nitrogens with one attached hydrogen (secondary N) is 1. The fraction of sp³-hybridized carbons (Fsp3) is 0.538. The van der Waals surface area contributed by atoms with Gasteiger partial charge in [-0.1, -0.05) is 49.7 Å². The molecular formula is C26H37NO3. The Hall–Kier alpha value is -2.04. The Labute approximate surface area is 181 Å². The van der Waals surface area contributed by atoms with Crippen molar-refractivity contribution in [3.05, 3.63) is 59.2 Å². The number of benzene rings is 2. The van der Waals surface area contributed by atoms with Crippen LogP contribution in [0, 0.1) is 12.8 Å². The minimum atomic E-state index is 0.172. The second-order valence-corrected chi connectivity index (χ2v) is 8.87. The summed E-state index contributed by atoms with van der Waals surface area (Å²) in [6.45, 7) is 9.31. The summed E-state index contributed by atoms with van der Waals surface area (Å²) in [4.78, 5) is 0. The van der Waals surface area contributed by atoms with E-state index in [1.54, 1.807) is 14.2 Å². The van der Waals surface area contributed by atoms with Crippen LogP contribution in [0.3, 0.4) is 0 Å². The molecule has 1 fully saturated rings. The molecule has 0 saturated carbocycles. The van der Waals surface area contributed by atoms with E-state index in [1.807, 2.05) is 12.1 Å². The molecule has 1 heterocycles. The zero-order chi connectivity index (χ0) is 21.6. The third-order valence-corrected chi connectivity index (χ3v) is 6.47. The molecule has 30 heavy (non-hydrogen) atoms. The molecule has 164 valence electrons. The molecule has 1 N–H and O–H groups in total. The fourth-order valence-electron chi connectivity index (χ4n) is 4.47. The molecule has 2 aromatic rings. The number of hydrogen-bond acceptors (Lipinski definition) is 4. The molecule has 0 aromatic heterocycles. The lowest BCUT2D eigenvalue weighted by atomic mass is 9.68. The normalized spacial score (nSPS) is 21.6. The Morgan fingerprint density at radius 3 is 2.47 bits per heavy atom. The van der Waals surface area contributed by atoms with E-state index in [4.69, 9.17) is 14.2 Å². The molecule has 1 aliphatic heterocycles. The molecule has 4 heteroatoms. The second kappa shape index (κ2) is 10.3. The fourth-order valence-corrected chi connectivity index (χ4v) is 4.47. The van der Waals surface area contributed by atoms with E-state index in [2.05, 4.69) is 56.4 Å². The van der Waals surface area contributed by atoms with Crippen LogP contribution in [0.25, 0.3) is 0 Å². The molecule has 1 saturated heterocycles. The molecule has 3 rings (SSSR count). The SMILES string of the molecule is COc1ccc(CNCC[C@]2(c3ccc(C)cc3)CCO[C@@H](C(C)C)C2)cc1OC. The van der Waals surface area contributed by atoms with Crippen LogP contribution in [-0.4, -0.2) is 33.5 Å². The van der Waals surface area contributed by atoms with E-state index in [1.165, 1.54) is 16.7 Å². The monoisotopic (exact) mass is 411 g/mol. The van der Waals surface area contributed by atoms with Crippen molar-refractivity contribution < 1.29 is 14.2 Å². The van der Waals surface area contributed by atoms with Crippen molar-refractivity contribution in [3.63, 3.8) is 0 Å². The first-order chi connectivity index (χ1) is 14.5. The largest absolute Gasteiger partial charge is 0.493 e. The van der Waals surface area contributed by atoms with Gasteiger partial charge in [-0.2, -0.15) is 0 Å². The van der Waals surface area contributed by atoms with Crippen molar-refractivity contribution in [1.29, 1.82) is 0 Å². The van der Waals surface area contributed by atoms with Gasteiger partial charge in [0.05, 0.1) is 20.3 Å². The van der Waals surface area contributed by atoms with E-state index in [0.717, 1.165) is 50.5 Å². The predicted molar refractivity (Wildman–Crippen MR) is 123 cm³/mol. The molecule has 1 aliphatic rings. The summed E-state index contributed by atoms with van der Waals surface area (Å²) in [6, 6.07) is 15.2. The Morgan fingerprint density at radius 1 is 1.07 bits per heavy atom. The molecule has 0 bridgehead atoms. The quantitative estimate of drug-likeness (QED) is 0.571. The van der Waals surface area contributed by atoms with Gasteiger partial charge < -0.3 is 19.5 Å². The van der Waals surface area contributed by atoms with Crippen molar-refractivity contribution >= 4 is 0 Å². The molecule has 0 spiro atoms. The molecule has 4 nitrogen and oxygen atoms in total. The number of ether oxygens (including phenoxy) is 3. The zero-order valence-corrected chi connectivity index (χ0v) is 19.2. The average Bonchev–Trinajstić information content (AvgIpc) is 2.77. The van der Waals surface area contributed by atoms with E-state index in [9.17, 15) is 0 Å². The highest BCUT2D eigenvalue weighted by Gasteiger charge is 2.39. The molecule has 0 radical (unpaired) electrons. The van der Waals surface area contributed by atoms with Gasteiger partial charge in [-0.3, -0.25) is 0 Å². The first-order valence-electron chi connectivity index (χ1n) is 11.1. The Kier molecular flexibility index (Phi) is 7.79. The van der Waals surface area contributed by atoms with Crippen molar-refractivity contribution in [2.45, 2.75) is 58.1 Å². The first kappa shape index (κ1) is 22.6. The summed E-state index contributed by atoms with van der Waals surface area (Å²) < 4.78 is 16.9. The number of aryl methyl sites for hydroxylation is 1. The van der Waals surface area contributed by atoms with Crippen LogP contribution >= 0.6 is 0 Å². The van der Waals surface area contributed by atoms with E-state index < -0.39 is 0 Å². The van der Waals surface area contributed by atoms with Gasteiger partial charge in [-0.05, 0) is 61.9 Å². The summed E-state index contributed by atoms with van der Waals surface area (Å²) >= 11 is 0. The summed E-state index contributed by atoms with van der Waals surface area (Å²) in [5.41, 5.74) is 4.14. The van der Waals surface area contributed by atoms with Crippen LogP contribution in [0.5, 0.6) is 11.5 Å². The molecular weight excluding hydrogens is 374 g/mol. The molecule has 2 aromatic carbocycles. The third kappa shape index (κ3) is 5.35. The maximum absolute atomic E-state index is 6.12. The van der Waals surface area contributed by atoms with Gasteiger partial charge in [0.15, 0.2) is 11.5 Å². The van der Waals surface area contributed by atoms with Gasteiger partial charge in [0.2, 0.25) is 0 Å². The third-order valence-electron chi connectivity index (χ3n) is 6.47.